The lowest BCUT2D eigenvalue weighted by atomic mass is 10.2. The van der Waals surface area contributed by atoms with Crippen molar-refractivity contribution in [2.45, 2.75) is 19.3 Å². The SMILES string of the molecule is O=CCCCc1cnsn1. The molecule has 10 heavy (non-hydrogen) atoms. The first-order valence-electron chi connectivity index (χ1n) is 3.13. The van der Waals surface area contributed by atoms with Gasteiger partial charge in [0.05, 0.1) is 23.6 Å². The number of hydrogen-bond donors (Lipinski definition) is 0. The van der Waals surface area contributed by atoms with E-state index in [1.54, 1.807) is 6.20 Å². The summed E-state index contributed by atoms with van der Waals surface area (Å²) in [5.41, 5.74) is 0.992. The van der Waals surface area contributed by atoms with Crippen LogP contribution in [0.3, 0.4) is 0 Å². The van der Waals surface area contributed by atoms with Gasteiger partial charge in [-0.15, -0.1) is 0 Å². The van der Waals surface area contributed by atoms with Gasteiger partial charge in [0.2, 0.25) is 0 Å². The second-order valence-corrected chi connectivity index (χ2v) is 2.51. The zero-order chi connectivity index (χ0) is 7.23. The maximum absolute atomic E-state index is 9.90. The molecule has 0 N–H and O–H groups in total. The Hall–Kier alpha value is -0.770. The maximum atomic E-state index is 9.90. The van der Waals surface area contributed by atoms with Crippen LogP contribution in [0.4, 0.5) is 0 Å². The number of unbranched alkanes of at least 4 members (excludes halogenated alkanes) is 1. The van der Waals surface area contributed by atoms with Crippen molar-refractivity contribution < 1.29 is 4.79 Å². The Labute approximate surface area is 63.4 Å². The van der Waals surface area contributed by atoms with Gasteiger partial charge in [0, 0.05) is 6.42 Å². The Morgan fingerprint density at radius 1 is 1.70 bits per heavy atom. The molecule has 0 saturated carbocycles. The fourth-order valence-corrected chi connectivity index (χ4v) is 1.12. The normalized spacial score (nSPS) is 9.60. The van der Waals surface area contributed by atoms with E-state index in [1.165, 1.54) is 11.7 Å². The molecule has 0 amide bonds. The minimum Gasteiger partial charge on any atom is -0.303 e. The van der Waals surface area contributed by atoms with Crippen LogP contribution in [0.25, 0.3) is 0 Å². The molecule has 0 spiro atoms. The average molecular weight is 156 g/mol. The van der Waals surface area contributed by atoms with Crippen LogP contribution in [0.2, 0.25) is 0 Å². The van der Waals surface area contributed by atoms with Crippen molar-refractivity contribution in [2.24, 2.45) is 0 Å². The van der Waals surface area contributed by atoms with Crippen LogP contribution < -0.4 is 0 Å². The lowest BCUT2D eigenvalue weighted by molar-refractivity contribution is -0.107. The van der Waals surface area contributed by atoms with E-state index in [-0.39, 0.29) is 0 Å². The van der Waals surface area contributed by atoms with E-state index in [2.05, 4.69) is 8.75 Å². The lowest BCUT2D eigenvalue weighted by Gasteiger charge is -1.87. The van der Waals surface area contributed by atoms with Crippen molar-refractivity contribution >= 4 is 18.0 Å². The van der Waals surface area contributed by atoms with Gasteiger partial charge in [0.15, 0.2) is 0 Å². The van der Waals surface area contributed by atoms with Gasteiger partial charge in [-0.25, -0.2) is 0 Å². The molecule has 0 radical (unpaired) electrons. The zero-order valence-electron chi connectivity index (χ0n) is 5.49. The van der Waals surface area contributed by atoms with Crippen molar-refractivity contribution in [1.29, 1.82) is 0 Å². The molecule has 54 valence electrons. The Balaban J connectivity index is 2.21. The molecule has 0 unspecified atom stereocenters. The summed E-state index contributed by atoms with van der Waals surface area (Å²) in [4.78, 5) is 9.90. The van der Waals surface area contributed by atoms with Crippen LogP contribution in [0, 0.1) is 0 Å². The van der Waals surface area contributed by atoms with Gasteiger partial charge in [-0.3, -0.25) is 0 Å². The van der Waals surface area contributed by atoms with Crippen LogP contribution in [0.15, 0.2) is 6.20 Å². The van der Waals surface area contributed by atoms with Crippen LogP contribution in [-0.4, -0.2) is 15.0 Å². The fraction of sp³-hybridized carbons (Fsp3) is 0.500. The molecule has 0 fully saturated rings. The minimum absolute atomic E-state index is 0.623. The van der Waals surface area contributed by atoms with E-state index in [4.69, 9.17) is 0 Å². The predicted molar refractivity (Wildman–Crippen MR) is 38.9 cm³/mol. The molecule has 3 nitrogen and oxygen atoms in total. The van der Waals surface area contributed by atoms with Gasteiger partial charge in [0.1, 0.15) is 6.29 Å². The predicted octanol–water partition coefficient (Wildman–Crippen LogP) is 1.06. The Bertz CT molecular complexity index is 186. The van der Waals surface area contributed by atoms with Crippen molar-refractivity contribution in [3.63, 3.8) is 0 Å². The molecule has 1 aromatic heterocycles. The van der Waals surface area contributed by atoms with Crippen LogP contribution in [-0.2, 0) is 11.2 Å². The molecule has 0 aliphatic heterocycles. The molecule has 0 saturated heterocycles. The molecule has 0 bridgehead atoms. The van der Waals surface area contributed by atoms with Gasteiger partial charge in [-0.2, -0.15) is 8.75 Å². The van der Waals surface area contributed by atoms with E-state index in [1.807, 2.05) is 0 Å². The molecule has 1 heterocycles. The monoisotopic (exact) mass is 156 g/mol. The first kappa shape index (κ1) is 7.34. The fourth-order valence-electron chi connectivity index (χ4n) is 0.661. The van der Waals surface area contributed by atoms with E-state index in [9.17, 15) is 4.79 Å². The smallest absolute Gasteiger partial charge is 0.120 e. The summed E-state index contributed by atoms with van der Waals surface area (Å²) in [6, 6.07) is 0. The average Bonchev–Trinajstić information content (AvgIpc) is 2.41. The standard InChI is InChI=1S/C6H8N2OS/c9-4-2-1-3-6-5-7-10-8-6/h4-5H,1-3H2. The first-order valence-corrected chi connectivity index (χ1v) is 3.86. The second kappa shape index (κ2) is 4.11. The highest BCUT2D eigenvalue weighted by Crippen LogP contribution is 2.00. The summed E-state index contributed by atoms with van der Waals surface area (Å²) in [6.07, 6.45) is 5.05. The summed E-state index contributed by atoms with van der Waals surface area (Å²) in [6.45, 7) is 0. The molecule has 0 aliphatic carbocycles. The third-order valence-corrected chi connectivity index (χ3v) is 1.68. The van der Waals surface area contributed by atoms with Crippen LogP contribution in [0.5, 0.6) is 0 Å². The van der Waals surface area contributed by atoms with Gasteiger partial charge >= 0.3 is 0 Å². The van der Waals surface area contributed by atoms with E-state index < -0.39 is 0 Å². The van der Waals surface area contributed by atoms with Crippen LogP contribution in [0.1, 0.15) is 18.5 Å². The number of aromatic nitrogens is 2. The second-order valence-electron chi connectivity index (χ2n) is 1.96. The Morgan fingerprint density at radius 3 is 3.20 bits per heavy atom. The summed E-state index contributed by atoms with van der Waals surface area (Å²) in [7, 11) is 0. The number of rotatable bonds is 4. The van der Waals surface area contributed by atoms with Crippen molar-refractivity contribution in [2.75, 3.05) is 0 Å². The number of carbonyl (C=O) groups is 1. The van der Waals surface area contributed by atoms with Crippen molar-refractivity contribution in [3.8, 4) is 0 Å². The third-order valence-electron chi connectivity index (χ3n) is 1.16. The number of nitrogens with zero attached hydrogens (tertiary/aromatic N) is 2. The molecule has 0 aromatic carbocycles. The van der Waals surface area contributed by atoms with Crippen LogP contribution >= 0.6 is 11.7 Å². The molecule has 0 aliphatic rings. The summed E-state index contributed by atoms with van der Waals surface area (Å²) >= 11 is 1.21. The molecular formula is C6H8N2OS. The van der Waals surface area contributed by atoms with Gasteiger partial charge in [-0.05, 0) is 12.8 Å². The number of hydrogen-bond acceptors (Lipinski definition) is 4. The highest BCUT2D eigenvalue weighted by Gasteiger charge is 1.93. The zero-order valence-corrected chi connectivity index (χ0v) is 6.30. The van der Waals surface area contributed by atoms with E-state index >= 15 is 0 Å². The summed E-state index contributed by atoms with van der Waals surface area (Å²) in [5.74, 6) is 0. The summed E-state index contributed by atoms with van der Waals surface area (Å²) in [5, 5.41) is 0. The molecule has 1 rings (SSSR count). The number of aryl methyl sites for hydroxylation is 1. The van der Waals surface area contributed by atoms with E-state index in [0.717, 1.165) is 24.8 Å². The molecule has 0 atom stereocenters. The molecule has 4 heteroatoms. The molecular weight excluding hydrogens is 148 g/mol. The van der Waals surface area contributed by atoms with Gasteiger partial charge < -0.3 is 4.79 Å². The first-order chi connectivity index (χ1) is 4.93. The molecule has 1 aromatic rings. The third kappa shape index (κ3) is 2.23. The van der Waals surface area contributed by atoms with Gasteiger partial charge in [0.25, 0.3) is 0 Å². The number of carbonyl (C=O) groups excluding carboxylic acids is 1. The Kier molecular flexibility index (Phi) is 3.02. The number of aldehydes is 1. The minimum atomic E-state index is 0.623. The highest BCUT2D eigenvalue weighted by molar-refractivity contribution is 6.99. The largest absolute Gasteiger partial charge is 0.303 e. The lowest BCUT2D eigenvalue weighted by Crippen LogP contribution is -1.84. The highest BCUT2D eigenvalue weighted by atomic mass is 32.1. The Morgan fingerprint density at radius 2 is 2.60 bits per heavy atom. The summed E-state index contributed by atoms with van der Waals surface area (Å²) < 4.78 is 7.85. The van der Waals surface area contributed by atoms with Gasteiger partial charge in [-0.1, -0.05) is 0 Å². The van der Waals surface area contributed by atoms with Crippen molar-refractivity contribution in [3.05, 3.63) is 11.9 Å². The topological polar surface area (TPSA) is 42.9 Å². The quantitative estimate of drug-likeness (QED) is 0.483. The van der Waals surface area contributed by atoms with Crippen molar-refractivity contribution in [1.82, 2.24) is 8.75 Å². The maximum Gasteiger partial charge on any atom is 0.120 e. The van der Waals surface area contributed by atoms with E-state index in [0.29, 0.717) is 6.42 Å².